The molecule has 0 aliphatic heterocycles. The van der Waals surface area contributed by atoms with Crippen molar-refractivity contribution in [2.75, 3.05) is 5.32 Å². The maximum atomic E-state index is 12.5. The Hall–Kier alpha value is -2.65. The summed E-state index contributed by atoms with van der Waals surface area (Å²) in [5.41, 5.74) is 8.07. The Morgan fingerprint density at radius 2 is 1.89 bits per heavy atom. The normalized spacial score (nSPS) is 15.4. The fourth-order valence-corrected chi connectivity index (χ4v) is 6.54. The zero-order valence-corrected chi connectivity index (χ0v) is 23.8. The van der Waals surface area contributed by atoms with Crippen molar-refractivity contribution in [3.05, 3.63) is 68.2 Å². The molecule has 6 nitrogen and oxygen atoms in total. The minimum atomic E-state index is -0.502. The number of amides is 2. The van der Waals surface area contributed by atoms with Crippen LogP contribution in [0.15, 0.2) is 40.8 Å². The predicted molar refractivity (Wildman–Crippen MR) is 155 cm³/mol. The molecular weight excluding hydrogens is 549 g/mol. The second-order valence-electron chi connectivity index (χ2n) is 10.0. The Balaban J connectivity index is 1.41. The molecule has 3 aromatic rings. The molecule has 1 aliphatic carbocycles. The number of thiocarbonyl (C=S) groups is 1. The lowest BCUT2D eigenvalue weighted by molar-refractivity contribution is -0.115. The Kier molecular flexibility index (Phi) is 8.14. The zero-order chi connectivity index (χ0) is 26.9. The van der Waals surface area contributed by atoms with Gasteiger partial charge < -0.3 is 15.5 Å². The van der Waals surface area contributed by atoms with Crippen molar-refractivity contribution in [3.63, 3.8) is 0 Å². The molecule has 0 spiro atoms. The van der Waals surface area contributed by atoms with Crippen LogP contribution in [-0.2, 0) is 17.6 Å². The van der Waals surface area contributed by atoms with Crippen molar-refractivity contribution in [2.45, 2.75) is 40.0 Å². The second-order valence-corrected chi connectivity index (χ2v) is 12.4. The van der Waals surface area contributed by atoms with Crippen LogP contribution in [0.1, 0.15) is 53.8 Å². The van der Waals surface area contributed by atoms with Crippen molar-refractivity contribution in [3.8, 4) is 11.3 Å². The van der Waals surface area contributed by atoms with Crippen LogP contribution < -0.4 is 16.4 Å². The van der Waals surface area contributed by atoms with Crippen LogP contribution >= 0.6 is 46.8 Å². The van der Waals surface area contributed by atoms with Gasteiger partial charge >= 0.3 is 0 Å². The van der Waals surface area contributed by atoms with Crippen molar-refractivity contribution in [1.82, 2.24) is 5.32 Å². The van der Waals surface area contributed by atoms with E-state index in [1.165, 1.54) is 23.5 Å². The average molecular weight is 577 g/mol. The van der Waals surface area contributed by atoms with Crippen molar-refractivity contribution in [1.29, 1.82) is 0 Å². The number of furan rings is 1. The molecule has 1 aromatic carbocycles. The summed E-state index contributed by atoms with van der Waals surface area (Å²) in [5.74, 6) is 0.599. The van der Waals surface area contributed by atoms with Crippen molar-refractivity contribution < 1.29 is 14.0 Å². The third-order valence-corrected chi connectivity index (χ3v) is 8.18. The van der Waals surface area contributed by atoms with Gasteiger partial charge in [0.2, 0.25) is 5.91 Å². The quantitative estimate of drug-likeness (QED) is 0.223. The van der Waals surface area contributed by atoms with Crippen LogP contribution in [0.25, 0.3) is 17.4 Å². The van der Waals surface area contributed by atoms with E-state index in [4.69, 9.17) is 45.6 Å². The van der Waals surface area contributed by atoms with Crippen LogP contribution in [0, 0.1) is 11.3 Å². The summed E-state index contributed by atoms with van der Waals surface area (Å²) in [6.45, 7) is 6.71. The van der Waals surface area contributed by atoms with Gasteiger partial charge in [-0.3, -0.25) is 14.9 Å². The van der Waals surface area contributed by atoms with Gasteiger partial charge in [-0.1, -0.05) is 44.0 Å². The van der Waals surface area contributed by atoms with Gasteiger partial charge in [0.1, 0.15) is 16.5 Å². The first kappa shape index (κ1) is 27.4. The van der Waals surface area contributed by atoms with E-state index in [1.807, 2.05) is 0 Å². The molecular formula is C27H27Cl2N3O3S2. The topological polar surface area (TPSA) is 97.4 Å². The van der Waals surface area contributed by atoms with Gasteiger partial charge in [0.15, 0.2) is 5.11 Å². The number of hydrogen-bond acceptors (Lipinski definition) is 5. The van der Waals surface area contributed by atoms with Crippen LogP contribution in [0.3, 0.4) is 0 Å². The number of nitrogens with two attached hydrogens (primary N) is 1. The summed E-state index contributed by atoms with van der Waals surface area (Å²) in [4.78, 5) is 25.9. The van der Waals surface area contributed by atoms with E-state index in [0.29, 0.717) is 38.0 Å². The molecule has 1 atom stereocenters. The molecule has 4 rings (SSSR count). The summed E-state index contributed by atoms with van der Waals surface area (Å²) >= 11 is 18.9. The summed E-state index contributed by atoms with van der Waals surface area (Å²) in [5, 5.41) is 7.25. The molecule has 37 heavy (non-hydrogen) atoms. The smallest absolute Gasteiger partial charge is 0.251 e. The van der Waals surface area contributed by atoms with Gasteiger partial charge in [-0.05, 0) is 84.8 Å². The first-order valence-corrected chi connectivity index (χ1v) is 13.7. The number of thiophene rings is 1. The maximum Gasteiger partial charge on any atom is 0.251 e. The molecule has 4 N–H and O–H groups in total. The van der Waals surface area contributed by atoms with E-state index in [1.54, 1.807) is 30.3 Å². The number of benzene rings is 1. The molecule has 0 saturated carbocycles. The minimum absolute atomic E-state index is 0.0804. The monoisotopic (exact) mass is 575 g/mol. The number of carbonyl (C=O) groups excluding carboxylic acids is 2. The summed E-state index contributed by atoms with van der Waals surface area (Å²) in [6.07, 6.45) is 5.52. The number of halogens is 2. The molecule has 0 saturated heterocycles. The highest BCUT2D eigenvalue weighted by Gasteiger charge is 2.33. The fraction of sp³-hybridized carbons (Fsp3) is 0.296. The molecule has 10 heteroatoms. The van der Waals surface area contributed by atoms with E-state index in [9.17, 15) is 9.59 Å². The van der Waals surface area contributed by atoms with Crippen LogP contribution in [0.5, 0.6) is 0 Å². The third-order valence-electron chi connectivity index (χ3n) is 6.37. The SMILES string of the molecule is CC(C)(C)[C@H]1CCc2c(sc(NC(=S)NC(=O)/C=C/c3ccc(-c4cc(Cl)cc(Cl)c4)o3)c2C(N)=O)C1. The standard InChI is InChI=1S/C27H27Cl2N3O3S2/c1-27(2,3)15-4-7-19-21(12-15)37-25(23(19)24(30)34)32-26(36)31-22(33)9-6-18-5-8-20(35-18)14-10-16(28)13-17(29)11-14/h5-6,8-11,13,15H,4,7,12H2,1-3H3,(H2,30,34)(H2,31,32,33,36)/b9-6+/t15-/m0/s1. The number of primary amides is 1. The number of rotatable bonds is 5. The van der Waals surface area contributed by atoms with Gasteiger partial charge in [-0.25, -0.2) is 0 Å². The molecule has 2 aromatic heterocycles. The molecule has 2 amide bonds. The fourth-order valence-electron chi connectivity index (χ4n) is 4.41. The lowest BCUT2D eigenvalue weighted by Crippen LogP contribution is -2.33. The number of hydrogen-bond donors (Lipinski definition) is 3. The predicted octanol–water partition coefficient (Wildman–Crippen LogP) is 7.09. The zero-order valence-electron chi connectivity index (χ0n) is 20.6. The molecule has 0 unspecified atom stereocenters. The molecule has 1 aliphatic rings. The van der Waals surface area contributed by atoms with Gasteiger partial charge in [0.25, 0.3) is 5.91 Å². The Morgan fingerprint density at radius 1 is 1.19 bits per heavy atom. The van der Waals surface area contributed by atoms with Gasteiger partial charge in [-0.2, -0.15) is 0 Å². The number of anilines is 1. The Morgan fingerprint density at radius 3 is 2.54 bits per heavy atom. The van der Waals surface area contributed by atoms with E-state index in [-0.39, 0.29) is 10.5 Å². The van der Waals surface area contributed by atoms with Crippen molar-refractivity contribution >= 4 is 74.8 Å². The molecule has 0 bridgehead atoms. The summed E-state index contributed by atoms with van der Waals surface area (Å²) < 4.78 is 5.77. The highest BCUT2D eigenvalue weighted by atomic mass is 35.5. The molecule has 194 valence electrons. The molecule has 2 heterocycles. The highest BCUT2D eigenvalue weighted by Crippen LogP contribution is 2.44. The lowest BCUT2D eigenvalue weighted by atomic mass is 9.72. The van der Waals surface area contributed by atoms with E-state index in [2.05, 4.69) is 31.4 Å². The van der Waals surface area contributed by atoms with Crippen LogP contribution in [0.4, 0.5) is 5.00 Å². The van der Waals surface area contributed by atoms with Crippen molar-refractivity contribution in [2.24, 2.45) is 17.1 Å². The van der Waals surface area contributed by atoms with E-state index < -0.39 is 11.8 Å². The van der Waals surface area contributed by atoms with E-state index >= 15 is 0 Å². The second kappa shape index (κ2) is 11.0. The maximum absolute atomic E-state index is 12.5. The first-order valence-electron chi connectivity index (χ1n) is 11.7. The Bertz CT molecular complexity index is 1380. The minimum Gasteiger partial charge on any atom is -0.457 e. The van der Waals surface area contributed by atoms with Gasteiger partial charge in [-0.15, -0.1) is 11.3 Å². The average Bonchev–Trinajstić information content (AvgIpc) is 3.40. The first-order chi connectivity index (χ1) is 17.4. The lowest BCUT2D eigenvalue weighted by Gasteiger charge is -2.33. The van der Waals surface area contributed by atoms with Crippen LogP contribution in [-0.4, -0.2) is 16.9 Å². The number of fused-ring (bicyclic) bond motifs is 1. The van der Waals surface area contributed by atoms with Crippen LogP contribution in [0.2, 0.25) is 10.0 Å². The molecule has 0 fully saturated rings. The highest BCUT2D eigenvalue weighted by molar-refractivity contribution is 7.80. The van der Waals surface area contributed by atoms with Gasteiger partial charge in [0, 0.05) is 26.6 Å². The Labute approximate surface area is 235 Å². The largest absolute Gasteiger partial charge is 0.457 e. The third kappa shape index (κ3) is 6.62. The summed E-state index contributed by atoms with van der Waals surface area (Å²) in [6, 6.07) is 8.60. The molecule has 0 radical (unpaired) electrons. The van der Waals surface area contributed by atoms with E-state index in [0.717, 1.165) is 35.3 Å². The number of nitrogens with one attached hydrogen (secondary N) is 2. The van der Waals surface area contributed by atoms with Gasteiger partial charge in [0.05, 0.1) is 5.56 Å². The summed E-state index contributed by atoms with van der Waals surface area (Å²) in [7, 11) is 0. The number of carbonyl (C=O) groups is 2.